The summed E-state index contributed by atoms with van der Waals surface area (Å²) in [6.45, 7) is 3.97. The summed E-state index contributed by atoms with van der Waals surface area (Å²) in [4.78, 5) is 11.4. The fraction of sp³-hybridized carbons (Fsp3) is 0.778. The smallest absolute Gasteiger partial charge is 0.313 e. The van der Waals surface area contributed by atoms with Crippen LogP contribution < -0.4 is 6.15 Å². The maximum atomic E-state index is 11.4. The van der Waals surface area contributed by atoms with Gasteiger partial charge in [0.15, 0.2) is 0 Å². The first-order valence-corrected chi connectivity index (χ1v) is 4.24. The quantitative estimate of drug-likeness (QED) is 0.676. The number of nitrogens with zero attached hydrogens (tertiary/aromatic N) is 1. The minimum atomic E-state index is -0.454. The molecule has 0 aromatic heterocycles. The number of nitriles is 1. The van der Waals surface area contributed by atoms with E-state index in [9.17, 15) is 4.79 Å². The first-order chi connectivity index (χ1) is 5.67. The Labute approximate surface area is 78.5 Å². The van der Waals surface area contributed by atoms with Crippen LogP contribution in [0.25, 0.3) is 0 Å². The van der Waals surface area contributed by atoms with Crippen molar-refractivity contribution < 1.29 is 9.53 Å². The van der Waals surface area contributed by atoms with E-state index >= 15 is 0 Å². The van der Waals surface area contributed by atoms with E-state index in [-0.39, 0.29) is 18.0 Å². The van der Waals surface area contributed by atoms with Gasteiger partial charge in [-0.25, -0.2) is 0 Å². The molecule has 0 aromatic carbocycles. The van der Waals surface area contributed by atoms with Gasteiger partial charge < -0.3 is 10.9 Å². The Hall–Kier alpha value is -1.08. The normalized spacial score (nSPS) is 19.2. The minimum Gasteiger partial charge on any atom is -0.466 e. The van der Waals surface area contributed by atoms with Crippen molar-refractivity contribution in [3.8, 4) is 6.07 Å². The van der Waals surface area contributed by atoms with Crippen molar-refractivity contribution in [3.63, 3.8) is 0 Å². The molecule has 13 heavy (non-hydrogen) atoms. The Morgan fingerprint density at radius 3 is 2.54 bits per heavy atom. The van der Waals surface area contributed by atoms with Crippen molar-refractivity contribution in [2.45, 2.75) is 26.7 Å². The molecule has 0 amide bonds. The molecule has 1 unspecified atom stereocenters. The van der Waals surface area contributed by atoms with Crippen LogP contribution in [0.15, 0.2) is 0 Å². The van der Waals surface area contributed by atoms with Gasteiger partial charge in [-0.2, -0.15) is 5.26 Å². The Morgan fingerprint density at radius 1 is 1.69 bits per heavy atom. The van der Waals surface area contributed by atoms with Gasteiger partial charge in [0.1, 0.15) is 0 Å². The van der Waals surface area contributed by atoms with E-state index in [1.54, 1.807) is 13.8 Å². The van der Waals surface area contributed by atoms with Gasteiger partial charge >= 0.3 is 5.97 Å². The van der Waals surface area contributed by atoms with Crippen LogP contribution in [0.3, 0.4) is 0 Å². The van der Waals surface area contributed by atoms with Crippen molar-refractivity contribution in [3.05, 3.63) is 0 Å². The van der Waals surface area contributed by atoms with Gasteiger partial charge in [0.25, 0.3) is 0 Å². The summed E-state index contributed by atoms with van der Waals surface area (Å²) in [7, 11) is 0. The molecule has 1 rings (SSSR count). The molecular formula is C9H16N2O2. The lowest BCUT2D eigenvalue weighted by Crippen LogP contribution is -2.25. The highest BCUT2D eigenvalue weighted by Crippen LogP contribution is 2.52. The molecule has 0 spiro atoms. The van der Waals surface area contributed by atoms with Gasteiger partial charge in [-0.15, -0.1) is 0 Å². The van der Waals surface area contributed by atoms with Crippen LogP contribution in [0.1, 0.15) is 26.7 Å². The number of hydrogen-bond acceptors (Lipinski definition) is 4. The summed E-state index contributed by atoms with van der Waals surface area (Å²) in [5.41, 5.74) is -0.454. The fourth-order valence-electron chi connectivity index (χ4n) is 1.35. The Balaban J connectivity index is 0.00000144. The first kappa shape index (κ1) is 11.9. The van der Waals surface area contributed by atoms with Crippen LogP contribution in [0.2, 0.25) is 0 Å². The minimum absolute atomic E-state index is 0. The molecule has 0 aromatic rings. The number of hydrogen-bond donors (Lipinski definition) is 1. The Kier molecular flexibility index (Phi) is 3.89. The maximum Gasteiger partial charge on any atom is 0.313 e. The molecule has 0 aliphatic heterocycles. The summed E-state index contributed by atoms with van der Waals surface area (Å²) in [6.07, 6.45) is 1.61. The summed E-state index contributed by atoms with van der Waals surface area (Å²) < 4.78 is 4.90. The van der Waals surface area contributed by atoms with Crippen LogP contribution >= 0.6 is 0 Å². The number of ether oxygens (including phenoxy) is 1. The highest BCUT2D eigenvalue weighted by atomic mass is 16.5. The zero-order valence-corrected chi connectivity index (χ0v) is 8.17. The fourth-order valence-corrected chi connectivity index (χ4v) is 1.35. The number of carbonyl (C=O) groups excluding carboxylic acids is 1. The van der Waals surface area contributed by atoms with Gasteiger partial charge in [0.2, 0.25) is 0 Å². The van der Waals surface area contributed by atoms with Crippen molar-refractivity contribution in [2.75, 3.05) is 6.61 Å². The third-order valence-corrected chi connectivity index (χ3v) is 2.49. The van der Waals surface area contributed by atoms with Gasteiger partial charge in [-0.1, -0.05) is 0 Å². The van der Waals surface area contributed by atoms with Gasteiger partial charge in [-0.05, 0) is 26.7 Å². The van der Waals surface area contributed by atoms with E-state index in [2.05, 4.69) is 6.07 Å². The van der Waals surface area contributed by atoms with Crippen molar-refractivity contribution in [1.82, 2.24) is 6.15 Å². The molecule has 0 radical (unpaired) electrons. The van der Waals surface area contributed by atoms with E-state index in [1.165, 1.54) is 0 Å². The molecule has 74 valence electrons. The lowest BCUT2D eigenvalue weighted by atomic mass is 9.92. The highest BCUT2D eigenvalue weighted by molar-refractivity contribution is 5.80. The largest absolute Gasteiger partial charge is 0.466 e. The van der Waals surface area contributed by atoms with Crippen molar-refractivity contribution in [2.24, 2.45) is 11.3 Å². The molecule has 1 saturated carbocycles. The zero-order valence-electron chi connectivity index (χ0n) is 8.17. The standard InChI is InChI=1S/C9H13NO2.H3N/c1-3-12-8(11)9(4-5-9)7(2)6-10;/h7H,3-5H2,1-2H3;1H3. The van der Waals surface area contributed by atoms with Crippen LogP contribution in [0, 0.1) is 22.7 Å². The molecular weight excluding hydrogens is 168 g/mol. The molecule has 4 nitrogen and oxygen atoms in total. The predicted molar refractivity (Wildman–Crippen MR) is 48.1 cm³/mol. The molecule has 3 N–H and O–H groups in total. The summed E-state index contributed by atoms with van der Waals surface area (Å²) in [6, 6.07) is 2.11. The number of carbonyl (C=O) groups is 1. The molecule has 1 fully saturated rings. The Morgan fingerprint density at radius 2 is 2.23 bits per heavy atom. The average molecular weight is 184 g/mol. The third-order valence-electron chi connectivity index (χ3n) is 2.49. The van der Waals surface area contributed by atoms with Gasteiger partial charge in [0.05, 0.1) is 24.0 Å². The topological polar surface area (TPSA) is 85.1 Å². The highest BCUT2D eigenvalue weighted by Gasteiger charge is 2.55. The molecule has 4 heteroatoms. The second-order valence-electron chi connectivity index (χ2n) is 3.23. The van der Waals surface area contributed by atoms with E-state index in [0.29, 0.717) is 6.61 Å². The van der Waals surface area contributed by atoms with Crippen molar-refractivity contribution >= 4 is 5.97 Å². The second-order valence-corrected chi connectivity index (χ2v) is 3.23. The molecule has 0 bridgehead atoms. The van der Waals surface area contributed by atoms with Crippen LogP contribution in [0.4, 0.5) is 0 Å². The molecule has 1 aliphatic carbocycles. The van der Waals surface area contributed by atoms with Crippen LogP contribution in [0.5, 0.6) is 0 Å². The Bertz CT molecular complexity index is 228. The lowest BCUT2D eigenvalue weighted by Gasteiger charge is -2.14. The van der Waals surface area contributed by atoms with Crippen molar-refractivity contribution in [1.29, 1.82) is 5.26 Å². The predicted octanol–water partition coefficient (Wildman–Crippen LogP) is 1.65. The van der Waals surface area contributed by atoms with Crippen LogP contribution in [-0.4, -0.2) is 12.6 Å². The van der Waals surface area contributed by atoms with E-state index < -0.39 is 5.41 Å². The molecule has 0 heterocycles. The lowest BCUT2D eigenvalue weighted by molar-refractivity contribution is -0.150. The number of esters is 1. The summed E-state index contributed by atoms with van der Waals surface area (Å²) in [5, 5.41) is 8.67. The van der Waals surface area contributed by atoms with Gasteiger partial charge in [0, 0.05) is 0 Å². The van der Waals surface area contributed by atoms with E-state index in [0.717, 1.165) is 12.8 Å². The first-order valence-electron chi connectivity index (χ1n) is 4.24. The number of rotatable bonds is 3. The summed E-state index contributed by atoms with van der Waals surface area (Å²) in [5.74, 6) is -0.407. The van der Waals surface area contributed by atoms with Gasteiger partial charge in [-0.3, -0.25) is 4.79 Å². The summed E-state index contributed by atoms with van der Waals surface area (Å²) >= 11 is 0. The third kappa shape index (κ3) is 1.99. The van der Waals surface area contributed by atoms with E-state index in [4.69, 9.17) is 10.00 Å². The molecule has 1 aliphatic rings. The van der Waals surface area contributed by atoms with Crippen LogP contribution in [-0.2, 0) is 9.53 Å². The maximum absolute atomic E-state index is 11.4. The average Bonchev–Trinajstić information content (AvgIpc) is 2.84. The molecule has 0 saturated heterocycles. The zero-order chi connectivity index (χ0) is 9.19. The monoisotopic (exact) mass is 184 g/mol. The second kappa shape index (κ2) is 4.24. The molecule has 1 atom stereocenters. The SMILES string of the molecule is CCOC(=O)C1(C(C)C#N)CC1.N. The van der Waals surface area contributed by atoms with E-state index in [1.807, 2.05) is 0 Å².